The molecule has 2 aromatic heterocycles. The lowest BCUT2D eigenvalue weighted by molar-refractivity contribution is -0.121. The third-order valence-electron chi connectivity index (χ3n) is 4.74. The van der Waals surface area contributed by atoms with Crippen LogP contribution in [0.2, 0.25) is 0 Å². The molecule has 6 nitrogen and oxygen atoms in total. The Labute approximate surface area is 161 Å². The van der Waals surface area contributed by atoms with E-state index in [1.807, 2.05) is 42.5 Å². The Bertz CT molecular complexity index is 1190. The van der Waals surface area contributed by atoms with Gasteiger partial charge in [0.15, 0.2) is 0 Å². The van der Waals surface area contributed by atoms with Crippen LogP contribution in [-0.4, -0.2) is 27.0 Å². The van der Waals surface area contributed by atoms with Gasteiger partial charge in [-0.2, -0.15) is 0 Å². The van der Waals surface area contributed by atoms with Crippen LogP contribution in [0.15, 0.2) is 71.9 Å². The molecule has 0 saturated carbocycles. The number of rotatable bonds is 6. The number of nitrogens with one attached hydrogen (secondary N) is 1. The number of para-hydroxylation sites is 2. The van der Waals surface area contributed by atoms with E-state index in [1.54, 1.807) is 18.3 Å². The van der Waals surface area contributed by atoms with Crippen LogP contribution >= 0.6 is 0 Å². The smallest absolute Gasteiger partial charge is 0.261 e. The first-order valence-electron chi connectivity index (χ1n) is 9.26. The number of aryl methyl sites for hydroxylation is 1. The number of aromatic nitrogens is 3. The summed E-state index contributed by atoms with van der Waals surface area (Å²) in [7, 11) is 0. The third-order valence-corrected chi connectivity index (χ3v) is 4.74. The molecule has 0 aliphatic heterocycles. The molecule has 4 aromatic rings. The Balaban J connectivity index is 1.34. The van der Waals surface area contributed by atoms with Gasteiger partial charge < -0.3 is 5.32 Å². The molecular weight excluding hydrogens is 352 g/mol. The van der Waals surface area contributed by atoms with Crippen molar-refractivity contribution in [2.45, 2.75) is 19.4 Å². The molecule has 0 radical (unpaired) electrons. The maximum atomic E-state index is 12.4. The summed E-state index contributed by atoms with van der Waals surface area (Å²) in [6.45, 7) is 0.831. The summed E-state index contributed by atoms with van der Waals surface area (Å²) in [5, 5.41) is 4.58. The number of carbonyl (C=O) groups excluding carboxylic acids is 1. The number of fused-ring (bicyclic) bond motifs is 2. The molecular formula is C22H20N4O2. The van der Waals surface area contributed by atoms with Crippen molar-refractivity contribution >= 4 is 27.7 Å². The normalized spacial score (nSPS) is 11.0. The molecule has 0 aliphatic carbocycles. The summed E-state index contributed by atoms with van der Waals surface area (Å²) in [4.78, 5) is 33.3. The molecule has 1 N–H and O–H groups in total. The van der Waals surface area contributed by atoms with Crippen molar-refractivity contribution in [2.75, 3.05) is 6.54 Å². The number of amides is 1. The first-order chi connectivity index (χ1) is 13.7. The molecule has 4 rings (SSSR count). The van der Waals surface area contributed by atoms with E-state index >= 15 is 0 Å². The Kier molecular flexibility index (Phi) is 5.10. The third kappa shape index (κ3) is 3.76. The fraction of sp³-hybridized carbons (Fsp3) is 0.182. The van der Waals surface area contributed by atoms with Crippen LogP contribution in [0.1, 0.15) is 12.0 Å². The quantitative estimate of drug-likeness (QED) is 0.565. The Morgan fingerprint density at radius 1 is 1.00 bits per heavy atom. The highest BCUT2D eigenvalue weighted by Crippen LogP contribution is 2.16. The molecule has 0 fully saturated rings. The van der Waals surface area contributed by atoms with E-state index in [0.717, 1.165) is 16.5 Å². The lowest BCUT2D eigenvalue weighted by atomic mass is 10.1. The van der Waals surface area contributed by atoms with Crippen LogP contribution in [0, 0.1) is 0 Å². The van der Waals surface area contributed by atoms with E-state index in [0.29, 0.717) is 30.4 Å². The SMILES string of the molecule is O=C(CCn1cnc2ccccc2c1=O)NCCc1cccc2cccnc12. The second kappa shape index (κ2) is 8.00. The van der Waals surface area contributed by atoms with Crippen molar-refractivity contribution in [1.29, 1.82) is 0 Å². The summed E-state index contributed by atoms with van der Waals surface area (Å²) < 4.78 is 1.48. The standard InChI is InChI=1S/C22H20N4O2/c27-20(11-14-26-15-25-19-9-2-1-8-18(19)22(26)28)23-13-10-17-6-3-5-16-7-4-12-24-21(16)17/h1-9,12,15H,10-11,13-14H2,(H,23,27). The molecule has 0 spiro atoms. The van der Waals surface area contributed by atoms with Gasteiger partial charge in [0, 0.05) is 31.1 Å². The van der Waals surface area contributed by atoms with E-state index in [9.17, 15) is 9.59 Å². The molecule has 2 aromatic carbocycles. The summed E-state index contributed by atoms with van der Waals surface area (Å²) in [6.07, 6.45) is 4.21. The molecule has 0 bridgehead atoms. The number of hydrogen-bond donors (Lipinski definition) is 1. The second-order valence-corrected chi connectivity index (χ2v) is 6.60. The maximum absolute atomic E-state index is 12.4. The van der Waals surface area contributed by atoms with Crippen LogP contribution in [0.5, 0.6) is 0 Å². The van der Waals surface area contributed by atoms with Gasteiger partial charge in [0.2, 0.25) is 5.91 Å². The largest absolute Gasteiger partial charge is 0.356 e. The zero-order valence-electron chi connectivity index (χ0n) is 15.3. The van der Waals surface area contributed by atoms with Crippen molar-refractivity contribution in [3.8, 4) is 0 Å². The number of benzene rings is 2. The van der Waals surface area contributed by atoms with Crippen molar-refractivity contribution < 1.29 is 4.79 Å². The topological polar surface area (TPSA) is 76.9 Å². The molecule has 0 atom stereocenters. The van der Waals surface area contributed by atoms with E-state index in [1.165, 1.54) is 10.9 Å². The van der Waals surface area contributed by atoms with Crippen molar-refractivity contribution in [3.63, 3.8) is 0 Å². The van der Waals surface area contributed by atoms with Crippen molar-refractivity contribution in [2.24, 2.45) is 0 Å². The molecule has 0 aliphatic rings. The van der Waals surface area contributed by atoms with Gasteiger partial charge in [-0.1, -0.05) is 36.4 Å². The minimum atomic E-state index is -0.125. The molecule has 2 heterocycles. The van der Waals surface area contributed by atoms with E-state index in [4.69, 9.17) is 0 Å². The molecule has 1 amide bonds. The Morgan fingerprint density at radius 3 is 2.79 bits per heavy atom. The highest BCUT2D eigenvalue weighted by molar-refractivity contribution is 5.81. The predicted octanol–water partition coefficient (Wildman–Crippen LogP) is 2.69. The highest BCUT2D eigenvalue weighted by atomic mass is 16.1. The molecule has 28 heavy (non-hydrogen) atoms. The second-order valence-electron chi connectivity index (χ2n) is 6.60. The van der Waals surface area contributed by atoms with Crippen molar-refractivity contribution in [3.05, 3.63) is 83.0 Å². The maximum Gasteiger partial charge on any atom is 0.261 e. The average molecular weight is 372 g/mol. The fourth-order valence-electron chi connectivity index (χ4n) is 3.28. The van der Waals surface area contributed by atoms with Gasteiger partial charge in [0.05, 0.1) is 22.7 Å². The summed E-state index contributed by atoms with van der Waals surface area (Å²) in [6, 6.07) is 17.2. The Morgan fingerprint density at radius 2 is 1.86 bits per heavy atom. The van der Waals surface area contributed by atoms with E-state index < -0.39 is 0 Å². The first-order valence-corrected chi connectivity index (χ1v) is 9.26. The van der Waals surface area contributed by atoms with Gasteiger partial charge in [-0.3, -0.25) is 19.1 Å². The minimum absolute atomic E-state index is 0.0896. The zero-order valence-corrected chi connectivity index (χ0v) is 15.3. The van der Waals surface area contributed by atoms with Crippen molar-refractivity contribution in [1.82, 2.24) is 19.9 Å². The van der Waals surface area contributed by atoms with Crippen LogP contribution in [0.4, 0.5) is 0 Å². The van der Waals surface area contributed by atoms with Crippen LogP contribution in [0.3, 0.4) is 0 Å². The molecule has 140 valence electrons. The van der Waals surface area contributed by atoms with Gasteiger partial charge in [0.25, 0.3) is 5.56 Å². The minimum Gasteiger partial charge on any atom is -0.356 e. The van der Waals surface area contributed by atoms with Crippen LogP contribution < -0.4 is 10.9 Å². The summed E-state index contributed by atoms with van der Waals surface area (Å²) in [5.74, 6) is -0.0896. The number of carbonyl (C=O) groups is 1. The average Bonchev–Trinajstić information content (AvgIpc) is 2.74. The highest BCUT2D eigenvalue weighted by Gasteiger charge is 2.07. The fourth-order valence-corrected chi connectivity index (χ4v) is 3.28. The monoisotopic (exact) mass is 372 g/mol. The Hall–Kier alpha value is -3.54. The molecule has 0 saturated heterocycles. The van der Waals surface area contributed by atoms with E-state index in [2.05, 4.69) is 15.3 Å². The number of pyridine rings is 1. The van der Waals surface area contributed by atoms with E-state index in [-0.39, 0.29) is 17.9 Å². The molecule has 6 heteroatoms. The number of hydrogen-bond acceptors (Lipinski definition) is 4. The predicted molar refractivity (Wildman–Crippen MR) is 109 cm³/mol. The van der Waals surface area contributed by atoms with Gasteiger partial charge in [0.1, 0.15) is 0 Å². The van der Waals surface area contributed by atoms with Gasteiger partial charge in [-0.25, -0.2) is 4.98 Å². The van der Waals surface area contributed by atoms with Gasteiger partial charge in [-0.05, 0) is 30.2 Å². The summed E-state index contributed by atoms with van der Waals surface area (Å²) >= 11 is 0. The van der Waals surface area contributed by atoms with Crippen LogP contribution in [-0.2, 0) is 17.8 Å². The molecule has 0 unspecified atom stereocenters. The lowest BCUT2D eigenvalue weighted by Crippen LogP contribution is -2.29. The van der Waals surface area contributed by atoms with Gasteiger partial charge in [-0.15, -0.1) is 0 Å². The number of nitrogens with zero attached hydrogens (tertiary/aromatic N) is 3. The summed E-state index contributed by atoms with van der Waals surface area (Å²) in [5.41, 5.74) is 2.61. The zero-order chi connectivity index (χ0) is 19.3. The van der Waals surface area contributed by atoms with Gasteiger partial charge >= 0.3 is 0 Å². The van der Waals surface area contributed by atoms with Crippen LogP contribution in [0.25, 0.3) is 21.8 Å². The first kappa shape index (κ1) is 17.9. The lowest BCUT2D eigenvalue weighted by Gasteiger charge is -2.09.